The molecule has 2 N–H and O–H groups in total. The number of rotatable bonds is 4. The van der Waals surface area contributed by atoms with Crippen molar-refractivity contribution in [3.8, 4) is 5.75 Å². The molecule has 1 saturated heterocycles. The maximum absolute atomic E-state index is 13.3. The molecule has 1 aliphatic rings. The van der Waals surface area contributed by atoms with Crippen LogP contribution in [0, 0.1) is 6.92 Å². The highest BCUT2D eigenvalue weighted by molar-refractivity contribution is 6.32. The molecule has 1 aliphatic heterocycles. The molecule has 0 bridgehead atoms. The van der Waals surface area contributed by atoms with Gasteiger partial charge in [-0.15, -0.1) is 0 Å². The molecule has 0 radical (unpaired) electrons. The van der Waals surface area contributed by atoms with Crippen LogP contribution in [0.1, 0.15) is 28.4 Å². The highest BCUT2D eigenvalue weighted by Gasteiger charge is 2.35. The summed E-state index contributed by atoms with van der Waals surface area (Å²) in [5, 5.41) is 20.0. The van der Waals surface area contributed by atoms with Crippen LogP contribution in [-0.4, -0.2) is 27.2 Å². The number of aryl methyl sites for hydroxylation is 1. The van der Waals surface area contributed by atoms with Crippen LogP contribution in [0.4, 0.5) is 0 Å². The number of hydrazone groups is 1. The molecule has 1 unspecified atom stereocenters. The van der Waals surface area contributed by atoms with E-state index in [-0.39, 0.29) is 11.7 Å². The van der Waals surface area contributed by atoms with Crippen molar-refractivity contribution in [2.45, 2.75) is 13.1 Å². The van der Waals surface area contributed by atoms with Gasteiger partial charge in [-0.3, -0.25) is 4.79 Å². The van der Waals surface area contributed by atoms with Crippen LogP contribution in [0.25, 0.3) is 17.0 Å². The van der Waals surface area contributed by atoms with E-state index in [1.165, 1.54) is 5.01 Å². The predicted molar refractivity (Wildman–Crippen MR) is 134 cm³/mol. The van der Waals surface area contributed by atoms with E-state index in [0.29, 0.717) is 16.4 Å². The normalized spacial score (nSPS) is 17.1. The first-order valence-corrected chi connectivity index (χ1v) is 11.1. The van der Waals surface area contributed by atoms with E-state index in [0.717, 1.165) is 27.6 Å². The van der Waals surface area contributed by atoms with Crippen LogP contribution in [0.15, 0.2) is 89.7 Å². The number of carbonyl (C=O) groups excluding carboxylic acids is 1. The number of carbonyl (C=O) groups is 1. The Kier molecular flexibility index (Phi) is 5.74. The fourth-order valence-electron chi connectivity index (χ4n) is 3.83. The van der Waals surface area contributed by atoms with E-state index in [1.54, 1.807) is 36.6 Å². The van der Waals surface area contributed by atoms with Gasteiger partial charge in [0.1, 0.15) is 16.6 Å². The van der Waals surface area contributed by atoms with Crippen LogP contribution in [-0.2, 0) is 4.79 Å². The zero-order valence-electron chi connectivity index (χ0n) is 18.3. The van der Waals surface area contributed by atoms with E-state index in [1.807, 2.05) is 61.5 Å². The van der Waals surface area contributed by atoms with Gasteiger partial charge >= 0.3 is 0 Å². The van der Waals surface area contributed by atoms with Crippen LogP contribution in [0.2, 0.25) is 5.15 Å². The molecule has 0 spiro atoms. The Morgan fingerprint density at radius 1 is 1.06 bits per heavy atom. The van der Waals surface area contributed by atoms with Gasteiger partial charge in [-0.25, -0.2) is 9.99 Å². The third-order valence-electron chi connectivity index (χ3n) is 5.57. The highest BCUT2D eigenvalue weighted by Crippen LogP contribution is 2.29. The molecule has 4 aromatic rings. The lowest BCUT2D eigenvalue weighted by Gasteiger charge is -2.19. The maximum Gasteiger partial charge on any atom is 0.292 e. The number of hydrogen-bond donors (Lipinski definition) is 2. The molecule has 1 fully saturated rings. The van der Waals surface area contributed by atoms with E-state index in [9.17, 15) is 9.90 Å². The minimum absolute atomic E-state index is 0.164. The summed E-state index contributed by atoms with van der Waals surface area (Å²) in [5.41, 5.74) is 4.61. The van der Waals surface area contributed by atoms with Gasteiger partial charge in [0.05, 0.1) is 11.7 Å². The van der Waals surface area contributed by atoms with Crippen LogP contribution in [0.5, 0.6) is 5.75 Å². The van der Waals surface area contributed by atoms with Crippen molar-refractivity contribution >= 4 is 40.7 Å². The van der Waals surface area contributed by atoms with Gasteiger partial charge in [-0.05, 0) is 54.5 Å². The number of nitrogens with one attached hydrogen (secondary N) is 1. The maximum atomic E-state index is 13.3. The Morgan fingerprint density at radius 3 is 2.59 bits per heavy atom. The summed E-state index contributed by atoms with van der Waals surface area (Å²) in [6.45, 7) is 2.02. The number of benzene rings is 3. The standard InChI is InChI=1S/C27H21ClN4O2/c1-17-7-12-23-20(13-17)15-21(25(28)30-23)16-29-32-26(19-5-3-2-4-6-19)31-24(27(32)34)14-18-8-10-22(33)11-9-18/h2-16,26,31,33H,1H3. The molecule has 1 aromatic heterocycles. The van der Waals surface area contributed by atoms with Gasteiger partial charge in [-0.2, -0.15) is 5.10 Å². The first-order chi connectivity index (χ1) is 16.5. The summed E-state index contributed by atoms with van der Waals surface area (Å²) in [6.07, 6.45) is 2.82. The number of hydrogen-bond acceptors (Lipinski definition) is 5. The van der Waals surface area contributed by atoms with Crippen LogP contribution < -0.4 is 5.32 Å². The molecule has 7 heteroatoms. The van der Waals surface area contributed by atoms with E-state index in [2.05, 4.69) is 15.4 Å². The van der Waals surface area contributed by atoms with Gasteiger partial charge in [0.25, 0.3) is 5.91 Å². The van der Waals surface area contributed by atoms with Crippen LogP contribution >= 0.6 is 11.6 Å². The summed E-state index contributed by atoms with van der Waals surface area (Å²) >= 11 is 6.41. The summed E-state index contributed by atoms with van der Waals surface area (Å²) in [5.74, 6) is -0.115. The summed E-state index contributed by atoms with van der Waals surface area (Å²) in [6, 6.07) is 24.1. The SMILES string of the molecule is Cc1ccc2nc(Cl)c(C=NN3C(=O)C(=Cc4ccc(O)cc4)NC3c3ccccc3)cc2c1. The smallest absolute Gasteiger partial charge is 0.292 e. The zero-order chi connectivity index (χ0) is 23.7. The first-order valence-electron chi connectivity index (χ1n) is 10.7. The van der Waals surface area contributed by atoms with Crippen molar-refractivity contribution in [2.24, 2.45) is 5.10 Å². The average molecular weight is 469 g/mol. The third-order valence-corrected chi connectivity index (χ3v) is 5.87. The second-order valence-electron chi connectivity index (χ2n) is 8.07. The van der Waals surface area contributed by atoms with Crippen LogP contribution in [0.3, 0.4) is 0 Å². The summed E-state index contributed by atoms with van der Waals surface area (Å²) in [7, 11) is 0. The molecule has 1 atom stereocenters. The molecule has 3 aromatic carbocycles. The minimum Gasteiger partial charge on any atom is -0.508 e. The number of aromatic hydroxyl groups is 1. The molecule has 34 heavy (non-hydrogen) atoms. The number of aromatic nitrogens is 1. The van der Waals surface area contributed by atoms with Gasteiger partial charge in [0.2, 0.25) is 0 Å². The zero-order valence-corrected chi connectivity index (χ0v) is 19.1. The molecule has 2 heterocycles. The largest absolute Gasteiger partial charge is 0.508 e. The topological polar surface area (TPSA) is 77.8 Å². The third kappa shape index (κ3) is 4.36. The van der Waals surface area contributed by atoms with Crippen molar-refractivity contribution < 1.29 is 9.90 Å². The Bertz CT molecular complexity index is 1430. The second kappa shape index (κ2) is 9.00. The average Bonchev–Trinajstić information content (AvgIpc) is 3.15. The Hall–Kier alpha value is -4.16. The predicted octanol–water partition coefficient (Wildman–Crippen LogP) is 5.41. The fourth-order valence-corrected chi connectivity index (χ4v) is 4.03. The van der Waals surface area contributed by atoms with Gasteiger partial charge < -0.3 is 10.4 Å². The Morgan fingerprint density at radius 2 is 1.82 bits per heavy atom. The number of phenolic OH excluding ortho intramolecular Hbond substituents is 1. The number of phenols is 1. The first kappa shape index (κ1) is 21.7. The number of amides is 1. The summed E-state index contributed by atoms with van der Waals surface area (Å²) < 4.78 is 0. The van der Waals surface area contributed by atoms with Crippen molar-refractivity contribution in [3.63, 3.8) is 0 Å². The minimum atomic E-state index is -0.484. The number of nitrogens with zero attached hydrogens (tertiary/aromatic N) is 3. The second-order valence-corrected chi connectivity index (χ2v) is 8.42. The molecule has 0 saturated carbocycles. The molecule has 1 amide bonds. The van der Waals surface area contributed by atoms with Gasteiger partial charge in [0.15, 0.2) is 6.17 Å². The van der Waals surface area contributed by atoms with Crippen molar-refractivity contribution in [2.75, 3.05) is 0 Å². The molecular formula is C27H21ClN4O2. The quantitative estimate of drug-likeness (QED) is 0.238. The Labute approximate surface area is 201 Å². The van der Waals surface area contributed by atoms with Crippen molar-refractivity contribution in [3.05, 3.63) is 112 Å². The number of pyridine rings is 1. The monoisotopic (exact) mass is 468 g/mol. The van der Waals surface area contributed by atoms with Crippen molar-refractivity contribution in [1.29, 1.82) is 0 Å². The van der Waals surface area contributed by atoms with Crippen molar-refractivity contribution in [1.82, 2.24) is 15.3 Å². The highest BCUT2D eigenvalue weighted by atomic mass is 35.5. The molecule has 0 aliphatic carbocycles. The lowest BCUT2D eigenvalue weighted by molar-refractivity contribution is -0.126. The molecule has 5 rings (SSSR count). The lowest BCUT2D eigenvalue weighted by Crippen LogP contribution is -2.25. The number of fused-ring (bicyclic) bond motifs is 1. The van der Waals surface area contributed by atoms with Gasteiger partial charge in [0, 0.05) is 10.9 Å². The van der Waals surface area contributed by atoms with E-state index in [4.69, 9.17) is 11.6 Å². The molecular weight excluding hydrogens is 448 g/mol. The molecule has 168 valence electrons. The van der Waals surface area contributed by atoms with Gasteiger partial charge in [-0.1, -0.05) is 65.7 Å². The number of halogens is 1. The van der Waals surface area contributed by atoms with E-state index >= 15 is 0 Å². The molecule has 6 nitrogen and oxygen atoms in total. The van der Waals surface area contributed by atoms with E-state index < -0.39 is 6.17 Å². The Balaban J connectivity index is 1.51. The lowest BCUT2D eigenvalue weighted by atomic mass is 10.1. The summed E-state index contributed by atoms with van der Waals surface area (Å²) in [4.78, 5) is 17.8. The fraction of sp³-hybridized carbons (Fsp3) is 0.0741.